The Balaban J connectivity index is 1.74. The van der Waals surface area contributed by atoms with Gasteiger partial charge in [-0.1, -0.05) is 41.4 Å². The third kappa shape index (κ3) is 4.44. The number of anilines is 2. The Kier molecular flexibility index (Phi) is 6.49. The Bertz CT molecular complexity index is 1540. The van der Waals surface area contributed by atoms with Crippen LogP contribution in [0.4, 0.5) is 11.6 Å². The van der Waals surface area contributed by atoms with E-state index in [-0.39, 0.29) is 30.1 Å². The molecule has 9 nitrogen and oxygen atoms in total. The number of aryl methyl sites for hydroxylation is 2. The predicted octanol–water partition coefficient (Wildman–Crippen LogP) is 3.25. The van der Waals surface area contributed by atoms with Crippen molar-refractivity contribution in [1.82, 2.24) is 18.7 Å². The average Bonchev–Trinajstić information content (AvgIpc) is 3.13. The zero-order valence-electron chi connectivity index (χ0n) is 18.6. The second-order valence-corrected chi connectivity index (χ2v) is 8.54. The zero-order valence-corrected chi connectivity index (χ0v) is 20.1. The maximum atomic E-state index is 13.3. The molecule has 2 aromatic heterocycles. The Hall–Kier alpha value is -3.56. The number of hydrogen-bond donors (Lipinski definition) is 1. The molecule has 0 radical (unpaired) electrons. The summed E-state index contributed by atoms with van der Waals surface area (Å²) in [6.07, 6.45) is 0.127. The van der Waals surface area contributed by atoms with Crippen LogP contribution in [0.25, 0.3) is 11.2 Å². The number of halogens is 2. The third-order valence-corrected chi connectivity index (χ3v) is 6.18. The molecular formula is C23H21Cl2N5O4. The molecule has 0 bridgehead atoms. The van der Waals surface area contributed by atoms with Crippen LogP contribution >= 0.6 is 23.2 Å². The number of benzene rings is 2. The summed E-state index contributed by atoms with van der Waals surface area (Å²) in [7, 11) is 4.58. The number of esters is 1. The van der Waals surface area contributed by atoms with E-state index >= 15 is 0 Å². The maximum Gasteiger partial charge on any atom is 0.332 e. The molecule has 11 heteroatoms. The van der Waals surface area contributed by atoms with Gasteiger partial charge in [0.15, 0.2) is 11.2 Å². The summed E-state index contributed by atoms with van der Waals surface area (Å²) in [4.78, 5) is 42.3. The highest BCUT2D eigenvalue weighted by Gasteiger charge is 2.19. The van der Waals surface area contributed by atoms with Gasteiger partial charge in [-0.05, 0) is 35.4 Å². The quantitative estimate of drug-likeness (QED) is 0.407. The molecule has 0 saturated heterocycles. The second kappa shape index (κ2) is 9.36. The third-order valence-electron chi connectivity index (χ3n) is 5.44. The SMILES string of the molecule is COC(=O)Cc1cccc(Nc2nc3c(c(=O)n(Cc4ccc(Cl)c(Cl)c4)c(=O)n3C)n2C)c1. The first-order chi connectivity index (χ1) is 16.2. The number of imidazole rings is 1. The minimum Gasteiger partial charge on any atom is -0.469 e. The van der Waals surface area contributed by atoms with E-state index in [1.54, 1.807) is 49.0 Å². The van der Waals surface area contributed by atoms with Gasteiger partial charge in [0.05, 0.1) is 30.1 Å². The standard InChI is InChI=1S/C23H21Cl2N5O4/c1-28-19-20(27-22(28)26-15-6-4-5-13(9-15)11-18(31)34-3)29(2)23(33)30(21(19)32)12-14-7-8-16(24)17(25)10-14/h4-10H,11-12H2,1-3H3,(H,26,27). The summed E-state index contributed by atoms with van der Waals surface area (Å²) in [6.45, 7) is 0.0296. The van der Waals surface area contributed by atoms with Gasteiger partial charge in [0.25, 0.3) is 5.56 Å². The molecule has 0 saturated carbocycles. The van der Waals surface area contributed by atoms with E-state index in [9.17, 15) is 14.4 Å². The molecule has 0 amide bonds. The molecule has 2 heterocycles. The lowest BCUT2D eigenvalue weighted by Gasteiger charge is -2.10. The minimum absolute atomic E-state index is 0.0296. The van der Waals surface area contributed by atoms with Gasteiger partial charge >= 0.3 is 11.7 Å². The van der Waals surface area contributed by atoms with Crippen molar-refractivity contribution in [2.24, 2.45) is 14.1 Å². The van der Waals surface area contributed by atoms with Crippen LogP contribution in [-0.4, -0.2) is 31.8 Å². The highest BCUT2D eigenvalue weighted by molar-refractivity contribution is 6.42. The topological polar surface area (TPSA) is 100 Å². The fourth-order valence-corrected chi connectivity index (χ4v) is 3.96. The van der Waals surface area contributed by atoms with Gasteiger partial charge in [0.1, 0.15) is 0 Å². The van der Waals surface area contributed by atoms with E-state index < -0.39 is 11.2 Å². The monoisotopic (exact) mass is 501 g/mol. The van der Waals surface area contributed by atoms with Crippen LogP contribution in [-0.2, 0) is 36.6 Å². The van der Waals surface area contributed by atoms with Crippen molar-refractivity contribution < 1.29 is 9.53 Å². The summed E-state index contributed by atoms with van der Waals surface area (Å²) in [5.41, 5.74) is 1.61. The lowest BCUT2D eigenvalue weighted by atomic mass is 10.1. The van der Waals surface area contributed by atoms with Crippen LogP contribution in [0.15, 0.2) is 52.1 Å². The van der Waals surface area contributed by atoms with Gasteiger partial charge in [-0.15, -0.1) is 0 Å². The molecule has 2 aromatic carbocycles. The van der Waals surface area contributed by atoms with E-state index in [1.165, 1.54) is 11.7 Å². The van der Waals surface area contributed by atoms with Gasteiger partial charge < -0.3 is 14.6 Å². The highest BCUT2D eigenvalue weighted by Crippen LogP contribution is 2.23. The number of ether oxygens (including phenoxy) is 1. The Morgan fingerprint density at radius 3 is 2.50 bits per heavy atom. The molecule has 0 spiro atoms. The zero-order chi connectivity index (χ0) is 24.6. The van der Waals surface area contributed by atoms with Gasteiger partial charge in [-0.25, -0.2) is 4.79 Å². The molecule has 0 aliphatic carbocycles. The number of nitrogens with one attached hydrogen (secondary N) is 1. The van der Waals surface area contributed by atoms with Crippen molar-refractivity contribution in [2.75, 3.05) is 12.4 Å². The van der Waals surface area contributed by atoms with Crippen LogP contribution in [0, 0.1) is 0 Å². The Morgan fingerprint density at radius 2 is 1.79 bits per heavy atom. The molecule has 34 heavy (non-hydrogen) atoms. The molecule has 1 N–H and O–H groups in total. The number of aromatic nitrogens is 4. The van der Waals surface area contributed by atoms with Gasteiger partial charge in [0, 0.05) is 19.8 Å². The van der Waals surface area contributed by atoms with Gasteiger partial charge in [0.2, 0.25) is 5.95 Å². The van der Waals surface area contributed by atoms with E-state index in [0.29, 0.717) is 27.2 Å². The Morgan fingerprint density at radius 1 is 1.03 bits per heavy atom. The summed E-state index contributed by atoms with van der Waals surface area (Å²) in [5, 5.41) is 3.88. The van der Waals surface area contributed by atoms with Crippen LogP contribution in [0.5, 0.6) is 0 Å². The second-order valence-electron chi connectivity index (χ2n) is 7.73. The number of carbonyl (C=O) groups is 1. The van der Waals surface area contributed by atoms with Crippen LogP contribution in [0.2, 0.25) is 10.0 Å². The van der Waals surface area contributed by atoms with Crippen molar-refractivity contribution in [3.05, 3.63) is 84.5 Å². The number of fused-ring (bicyclic) bond motifs is 1. The number of hydrogen-bond acceptors (Lipinski definition) is 6. The first kappa shape index (κ1) is 23.6. The highest BCUT2D eigenvalue weighted by atomic mass is 35.5. The first-order valence-electron chi connectivity index (χ1n) is 10.2. The summed E-state index contributed by atoms with van der Waals surface area (Å²) >= 11 is 12.1. The molecule has 0 aliphatic heterocycles. The number of carbonyl (C=O) groups excluding carboxylic acids is 1. The van der Waals surface area contributed by atoms with E-state index in [4.69, 9.17) is 27.9 Å². The number of methoxy groups -OCH3 is 1. The Labute approximate surface area is 204 Å². The van der Waals surface area contributed by atoms with Crippen molar-refractivity contribution in [3.63, 3.8) is 0 Å². The van der Waals surface area contributed by atoms with Crippen molar-refractivity contribution in [3.8, 4) is 0 Å². The smallest absolute Gasteiger partial charge is 0.332 e. The molecule has 0 aliphatic rings. The normalized spacial score (nSPS) is 11.1. The molecule has 4 rings (SSSR count). The van der Waals surface area contributed by atoms with Crippen molar-refractivity contribution in [1.29, 1.82) is 0 Å². The molecule has 176 valence electrons. The van der Waals surface area contributed by atoms with Crippen LogP contribution in [0.1, 0.15) is 11.1 Å². The molecular weight excluding hydrogens is 481 g/mol. The first-order valence-corrected chi connectivity index (χ1v) is 11.0. The fraction of sp³-hybridized carbons (Fsp3) is 0.217. The number of nitrogens with zero attached hydrogens (tertiary/aromatic N) is 4. The minimum atomic E-state index is -0.506. The van der Waals surface area contributed by atoms with E-state index in [1.807, 2.05) is 12.1 Å². The lowest BCUT2D eigenvalue weighted by Crippen LogP contribution is -2.39. The van der Waals surface area contributed by atoms with Crippen molar-refractivity contribution in [2.45, 2.75) is 13.0 Å². The van der Waals surface area contributed by atoms with E-state index in [0.717, 1.165) is 10.1 Å². The maximum absolute atomic E-state index is 13.3. The summed E-state index contributed by atoms with van der Waals surface area (Å²) < 4.78 is 8.76. The van der Waals surface area contributed by atoms with Crippen LogP contribution < -0.4 is 16.6 Å². The van der Waals surface area contributed by atoms with Gasteiger partial charge in [-0.2, -0.15) is 4.98 Å². The van der Waals surface area contributed by atoms with Crippen LogP contribution in [0.3, 0.4) is 0 Å². The molecule has 0 atom stereocenters. The summed E-state index contributed by atoms with van der Waals surface area (Å²) in [5.74, 6) is 0.0158. The molecule has 4 aromatic rings. The average molecular weight is 502 g/mol. The predicted molar refractivity (Wildman–Crippen MR) is 131 cm³/mol. The van der Waals surface area contributed by atoms with Crippen molar-refractivity contribution >= 4 is 52.0 Å². The molecule has 0 unspecified atom stereocenters. The largest absolute Gasteiger partial charge is 0.469 e. The van der Waals surface area contributed by atoms with E-state index in [2.05, 4.69) is 10.3 Å². The summed E-state index contributed by atoms with van der Waals surface area (Å²) in [6, 6.07) is 12.2. The number of rotatable bonds is 6. The molecule has 0 fully saturated rings. The van der Waals surface area contributed by atoms with Gasteiger partial charge in [-0.3, -0.25) is 18.7 Å². The lowest BCUT2D eigenvalue weighted by molar-refractivity contribution is -0.139. The fourth-order valence-electron chi connectivity index (χ4n) is 3.64.